The van der Waals surface area contributed by atoms with Crippen molar-refractivity contribution in [3.63, 3.8) is 0 Å². The van der Waals surface area contributed by atoms with Crippen LogP contribution in [-0.4, -0.2) is 11.7 Å². The van der Waals surface area contributed by atoms with E-state index in [9.17, 15) is 0 Å². The molecule has 0 unspecified atom stereocenters. The molecule has 0 spiro atoms. The number of aliphatic hydroxyl groups is 1. The van der Waals surface area contributed by atoms with Gasteiger partial charge in [0.1, 0.15) is 0 Å². The average Bonchev–Trinajstić information content (AvgIpc) is 2.17. The van der Waals surface area contributed by atoms with Crippen LogP contribution in [0.5, 0.6) is 0 Å². The van der Waals surface area contributed by atoms with E-state index >= 15 is 0 Å². The highest BCUT2D eigenvalue weighted by molar-refractivity contribution is 7.10. The summed E-state index contributed by atoms with van der Waals surface area (Å²) in [4.78, 5) is 1.14. The summed E-state index contributed by atoms with van der Waals surface area (Å²) in [7, 11) is 0. The molecule has 50 valence electrons. The van der Waals surface area contributed by atoms with Gasteiger partial charge >= 0.3 is 0 Å². The van der Waals surface area contributed by atoms with Crippen LogP contribution in [0.2, 0.25) is 5.02 Å². The summed E-state index contributed by atoms with van der Waals surface area (Å²) in [6, 6.07) is 1.88. The first-order valence-corrected chi connectivity index (χ1v) is 3.92. The van der Waals surface area contributed by atoms with E-state index in [1.165, 1.54) is 0 Å². The third-order valence-corrected chi connectivity index (χ3v) is 2.32. The van der Waals surface area contributed by atoms with Crippen LogP contribution in [0.4, 0.5) is 0 Å². The molecule has 0 aliphatic heterocycles. The molecular formula is C6H7ClOS. The highest BCUT2D eigenvalue weighted by atomic mass is 35.5. The van der Waals surface area contributed by atoms with Crippen molar-refractivity contribution < 1.29 is 5.11 Å². The molecule has 9 heavy (non-hydrogen) atoms. The molecule has 1 rings (SSSR count). The Bertz CT molecular complexity index is 185. The van der Waals surface area contributed by atoms with E-state index in [-0.39, 0.29) is 6.61 Å². The summed E-state index contributed by atoms with van der Waals surface area (Å²) >= 11 is 7.21. The standard InChI is InChI=1S/C6H7ClOS/c7-5-3-6(1-2-8)9-4-5/h3-4,8H,1-2H2. The maximum absolute atomic E-state index is 8.49. The van der Waals surface area contributed by atoms with Gasteiger partial charge in [0.2, 0.25) is 0 Å². The summed E-state index contributed by atoms with van der Waals surface area (Å²) in [5.41, 5.74) is 0. The highest BCUT2D eigenvalue weighted by Gasteiger charge is 1.94. The molecule has 0 radical (unpaired) electrons. The van der Waals surface area contributed by atoms with Gasteiger partial charge in [-0.15, -0.1) is 11.3 Å². The third-order valence-electron chi connectivity index (χ3n) is 0.980. The van der Waals surface area contributed by atoms with Crippen LogP contribution in [0.1, 0.15) is 4.88 Å². The monoisotopic (exact) mass is 162 g/mol. The zero-order valence-corrected chi connectivity index (χ0v) is 6.37. The van der Waals surface area contributed by atoms with E-state index in [1.807, 2.05) is 11.4 Å². The van der Waals surface area contributed by atoms with Gasteiger partial charge < -0.3 is 5.11 Å². The van der Waals surface area contributed by atoms with E-state index in [1.54, 1.807) is 11.3 Å². The molecule has 0 aliphatic rings. The van der Waals surface area contributed by atoms with Gasteiger partial charge in [-0.1, -0.05) is 11.6 Å². The number of thiophene rings is 1. The minimum Gasteiger partial charge on any atom is -0.396 e. The number of hydrogen-bond acceptors (Lipinski definition) is 2. The molecule has 1 N–H and O–H groups in total. The number of hydrogen-bond donors (Lipinski definition) is 1. The molecule has 0 fully saturated rings. The molecule has 0 aliphatic carbocycles. The van der Waals surface area contributed by atoms with Gasteiger partial charge in [0, 0.05) is 23.3 Å². The first kappa shape index (κ1) is 7.06. The van der Waals surface area contributed by atoms with Crippen LogP contribution in [0, 0.1) is 0 Å². The van der Waals surface area contributed by atoms with Crippen molar-refractivity contribution >= 4 is 22.9 Å². The summed E-state index contributed by atoms with van der Waals surface area (Å²) in [6.07, 6.45) is 0.720. The van der Waals surface area contributed by atoms with Crippen molar-refractivity contribution in [1.82, 2.24) is 0 Å². The van der Waals surface area contributed by atoms with Gasteiger partial charge in [-0.3, -0.25) is 0 Å². The Balaban J connectivity index is 2.61. The zero-order chi connectivity index (χ0) is 6.69. The quantitative estimate of drug-likeness (QED) is 0.705. The molecule has 1 aromatic heterocycles. The molecule has 0 saturated carbocycles. The Kier molecular flexibility index (Phi) is 2.51. The van der Waals surface area contributed by atoms with Crippen LogP contribution in [0.25, 0.3) is 0 Å². The van der Waals surface area contributed by atoms with Crippen molar-refractivity contribution in [3.8, 4) is 0 Å². The normalized spacial score (nSPS) is 10.0. The number of halogens is 1. The lowest BCUT2D eigenvalue weighted by atomic mass is 10.4. The van der Waals surface area contributed by atoms with Gasteiger partial charge in [-0.05, 0) is 6.07 Å². The molecular weight excluding hydrogens is 156 g/mol. The van der Waals surface area contributed by atoms with E-state index in [4.69, 9.17) is 16.7 Å². The van der Waals surface area contributed by atoms with Crippen LogP contribution in [0.3, 0.4) is 0 Å². The van der Waals surface area contributed by atoms with Crippen molar-refractivity contribution in [2.24, 2.45) is 0 Å². The maximum atomic E-state index is 8.49. The minimum atomic E-state index is 0.205. The second kappa shape index (κ2) is 3.20. The molecule has 0 saturated heterocycles. The molecule has 0 atom stereocenters. The largest absolute Gasteiger partial charge is 0.396 e. The van der Waals surface area contributed by atoms with Crippen LogP contribution >= 0.6 is 22.9 Å². The van der Waals surface area contributed by atoms with Gasteiger partial charge in [-0.2, -0.15) is 0 Å². The van der Waals surface area contributed by atoms with E-state index in [0.717, 1.165) is 16.3 Å². The van der Waals surface area contributed by atoms with Gasteiger partial charge in [0.05, 0.1) is 5.02 Å². The molecule has 1 nitrogen and oxygen atoms in total. The second-order valence-corrected chi connectivity index (χ2v) is 3.14. The fourth-order valence-electron chi connectivity index (χ4n) is 0.595. The lowest BCUT2D eigenvalue weighted by molar-refractivity contribution is 0.300. The molecule has 1 heterocycles. The molecule has 0 amide bonds. The second-order valence-electron chi connectivity index (χ2n) is 1.70. The lowest BCUT2D eigenvalue weighted by Crippen LogP contribution is -1.84. The van der Waals surface area contributed by atoms with Crippen molar-refractivity contribution in [1.29, 1.82) is 0 Å². The third kappa shape index (κ3) is 1.97. The predicted molar refractivity (Wildman–Crippen MR) is 40.1 cm³/mol. The lowest BCUT2D eigenvalue weighted by Gasteiger charge is -1.85. The smallest absolute Gasteiger partial charge is 0.0515 e. The van der Waals surface area contributed by atoms with Gasteiger partial charge in [0.25, 0.3) is 0 Å². The highest BCUT2D eigenvalue weighted by Crippen LogP contribution is 2.18. The topological polar surface area (TPSA) is 20.2 Å². The molecule has 0 bridgehead atoms. The molecule has 0 aromatic carbocycles. The summed E-state index contributed by atoms with van der Waals surface area (Å²) in [6.45, 7) is 0.205. The van der Waals surface area contributed by atoms with Crippen LogP contribution in [-0.2, 0) is 6.42 Å². The van der Waals surface area contributed by atoms with Crippen LogP contribution in [0.15, 0.2) is 11.4 Å². The summed E-state index contributed by atoms with van der Waals surface area (Å²) in [5, 5.41) is 11.1. The van der Waals surface area contributed by atoms with Gasteiger partial charge in [-0.25, -0.2) is 0 Å². The van der Waals surface area contributed by atoms with Crippen molar-refractivity contribution in [2.45, 2.75) is 6.42 Å². The molecule has 1 aromatic rings. The first-order valence-electron chi connectivity index (χ1n) is 2.66. The first-order chi connectivity index (χ1) is 4.33. The fourth-order valence-corrected chi connectivity index (χ4v) is 1.66. The van der Waals surface area contributed by atoms with Gasteiger partial charge in [0.15, 0.2) is 0 Å². The predicted octanol–water partition coefficient (Wildman–Crippen LogP) is 1.94. The Morgan fingerprint density at radius 1 is 1.67 bits per heavy atom. The summed E-state index contributed by atoms with van der Waals surface area (Å²) < 4.78 is 0. The van der Waals surface area contributed by atoms with Crippen molar-refractivity contribution in [3.05, 3.63) is 21.3 Å². The Hall–Kier alpha value is -0.0500. The fraction of sp³-hybridized carbons (Fsp3) is 0.333. The van der Waals surface area contributed by atoms with Crippen molar-refractivity contribution in [2.75, 3.05) is 6.61 Å². The van der Waals surface area contributed by atoms with E-state index in [2.05, 4.69) is 0 Å². The number of rotatable bonds is 2. The van der Waals surface area contributed by atoms with Crippen LogP contribution < -0.4 is 0 Å². The average molecular weight is 163 g/mol. The Morgan fingerprint density at radius 2 is 2.44 bits per heavy atom. The Labute approximate surface area is 62.9 Å². The summed E-state index contributed by atoms with van der Waals surface area (Å²) in [5.74, 6) is 0. The Morgan fingerprint density at radius 3 is 2.89 bits per heavy atom. The number of aliphatic hydroxyl groups excluding tert-OH is 1. The SMILES string of the molecule is OCCc1cc(Cl)cs1. The molecule has 3 heteroatoms. The van der Waals surface area contributed by atoms with E-state index < -0.39 is 0 Å². The van der Waals surface area contributed by atoms with E-state index in [0.29, 0.717) is 0 Å². The maximum Gasteiger partial charge on any atom is 0.0515 e. The minimum absolute atomic E-state index is 0.205. The zero-order valence-electron chi connectivity index (χ0n) is 4.80.